The largest absolute Gasteiger partial charge is 0.481 e. The second kappa shape index (κ2) is 7.98. The van der Waals surface area contributed by atoms with E-state index in [1.54, 1.807) is 0 Å². The number of carboxylic acid groups (broad SMARTS) is 1. The van der Waals surface area contributed by atoms with E-state index in [1.807, 2.05) is 18.2 Å². The van der Waals surface area contributed by atoms with Crippen LogP contribution in [0, 0.1) is 23.7 Å². The van der Waals surface area contributed by atoms with Gasteiger partial charge >= 0.3 is 5.97 Å². The molecule has 0 heterocycles. The summed E-state index contributed by atoms with van der Waals surface area (Å²) in [5.74, 6) is 1.56. The molecule has 0 radical (unpaired) electrons. The van der Waals surface area contributed by atoms with Crippen LogP contribution >= 0.6 is 0 Å². The maximum Gasteiger partial charge on any atom is 0.303 e. The zero-order valence-electron chi connectivity index (χ0n) is 14.2. The molecule has 3 heteroatoms. The number of fused-ring (bicyclic) bond motifs is 1. The Morgan fingerprint density at radius 2 is 1.92 bits per heavy atom. The molecule has 1 aromatic rings. The maximum absolute atomic E-state index is 10.6. The number of aliphatic hydroxyl groups is 1. The van der Waals surface area contributed by atoms with Crippen LogP contribution in [0.5, 0.6) is 0 Å². The number of rotatable bonds is 7. The van der Waals surface area contributed by atoms with Crippen LogP contribution in [-0.4, -0.2) is 22.3 Å². The van der Waals surface area contributed by atoms with Gasteiger partial charge in [0.1, 0.15) is 0 Å². The molecule has 5 atom stereocenters. The highest BCUT2D eigenvalue weighted by Gasteiger charge is 2.46. The third-order valence-corrected chi connectivity index (χ3v) is 5.89. The topological polar surface area (TPSA) is 57.5 Å². The number of aliphatic carboxylic acids is 1. The number of benzene rings is 1. The first-order chi connectivity index (χ1) is 11.6. The van der Waals surface area contributed by atoms with Crippen molar-refractivity contribution in [1.29, 1.82) is 0 Å². The van der Waals surface area contributed by atoms with Crippen LogP contribution in [-0.2, 0) is 4.79 Å². The molecule has 2 N–H and O–H groups in total. The Kier molecular flexibility index (Phi) is 5.72. The van der Waals surface area contributed by atoms with Crippen molar-refractivity contribution < 1.29 is 15.0 Å². The minimum atomic E-state index is -0.687. The van der Waals surface area contributed by atoms with Crippen LogP contribution in [0.15, 0.2) is 36.4 Å². The van der Waals surface area contributed by atoms with Gasteiger partial charge < -0.3 is 10.2 Å². The lowest BCUT2D eigenvalue weighted by Crippen LogP contribution is -2.17. The third-order valence-electron chi connectivity index (χ3n) is 5.89. The van der Waals surface area contributed by atoms with Crippen molar-refractivity contribution in [3.8, 4) is 0 Å². The molecular weight excluding hydrogens is 300 g/mol. The zero-order valence-corrected chi connectivity index (χ0v) is 14.2. The summed E-state index contributed by atoms with van der Waals surface area (Å²) in [6, 6.07) is 10.3. The molecule has 2 aliphatic rings. The van der Waals surface area contributed by atoms with Crippen molar-refractivity contribution in [2.45, 2.75) is 51.0 Å². The average Bonchev–Trinajstić information content (AvgIpc) is 3.07. The summed E-state index contributed by atoms with van der Waals surface area (Å²) in [5.41, 5.74) is 1.19. The minimum absolute atomic E-state index is 0.201. The first-order valence-corrected chi connectivity index (χ1v) is 9.26. The highest BCUT2D eigenvalue weighted by atomic mass is 16.4. The highest BCUT2D eigenvalue weighted by Crippen LogP contribution is 2.51. The van der Waals surface area contributed by atoms with Gasteiger partial charge in [0.05, 0.1) is 6.10 Å². The van der Waals surface area contributed by atoms with E-state index < -0.39 is 5.97 Å². The molecule has 24 heavy (non-hydrogen) atoms. The van der Waals surface area contributed by atoms with E-state index in [4.69, 9.17) is 5.11 Å². The fourth-order valence-electron chi connectivity index (χ4n) is 4.77. The van der Waals surface area contributed by atoms with Crippen LogP contribution in [0.3, 0.4) is 0 Å². The van der Waals surface area contributed by atoms with E-state index in [1.165, 1.54) is 18.4 Å². The zero-order chi connectivity index (χ0) is 16.9. The van der Waals surface area contributed by atoms with Gasteiger partial charge in [0.15, 0.2) is 0 Å². The normalized spacial score (nSPS) is 32.3. The Labute approximate surface area is 144 Å². The average molecular weight is 328 g/mol. The van der Waals surface area contributed by atoms with Crippen molar-refractivity contribution in [1.82, 2.24) is 0 Å². The first-order valence-electron chi connectivity index (χ1n) is 9.26. The molecule has 2 aliphatic carbocycles. The van der Waals surface area contributed by atoms with E-state index in [0.717, 1.165) is 25.7 Å². The van der Waals surface area contributed by atoms with Crippen LogP contribution in [0.2, 0.25) is 0 Å². The molecule has 0 amide bonds. The van der Waals surface area contributed by atoms with Gasteiger partial charge in [-0.15, -0.1) is 0 Å². The number of hydrogen-bond acceptors (Lipinski definition) is 2. The lowest BCUT2D eigenvalue weighted by atomic mass is 9.89. The maximum atomic E-state index is 10.6. The minimum Gasteiger partial charge on any atom is -0.481 e. The highest BCUT2D eigenvalue weighted by molar-refractivity contribution is 5.66. The van der Waals surface area contributed by atoms with Crippen molar-refractivity contribution in [3.05, 3.63) is 42.0 Å². The van der Waals surface area contributed by atoms with Gasteiger partial charge in [0.2, 0.25) is 0 Å². The van der Waals surface area contributed by atoms with E-state index in [2.05, 4.69) is 24.3 Å². The predicted molar refractivity (Wildman–Crippen MR) is 95.4 cm³/mol. The van der Waals surface area contributed by atoms with Crippen molar-refractivity contribution >= 4 is 12.0 Å². The van der Waals surface area contributed by atoms with Gasteiger partial charge in [0, 0.05) is 12.3 Å². The number of hydrogen-bond donors (Lipinski definition) is 2. The van der Waals surface area contributed by atoms with Gasteiger partial charge in [-0.25, -0.2) is 0 Å². The second-order valence-corrected chi connectivity index (χ2v) is 7.55. The summed E-state index contributed by atoms with van der Waals surface area (Å²) in [6.07, 6.45) is 10.8. The molecule has 130 valence electrons. The molecule has 2 saturated carbocycles. The number of unbranched alkanes of at least 4 members (excludes halogenated alkanes) is 1. The molecule has 3 unspecified atom stereocenters. The van der Waals surface area contributed by atoms with Gasteiger partial charge in [-0.1, -0.05) is 55.3 Å². The van der Waals surface area contributed by atoms with Crippen LogP contribution in [0.25, 0.3) is 6.08 Å². The molecule has 1 aromatic carbocycles. The molecule has 2 fully saturated rings. The van der Waals surface area contributed by atoms with E-state index >= 15 is 0 Å². The first kappa shape index (κ1) is 17.2. The van der Waals surface area contributed by atoms with Gasteiger partial charge in [-0.3, -0.25) is 4.79 Å². The van der Waals surface area contributed by atoms with E-state index in [-0.39, 0.29) is 12.0 Å². The van der Waals surface area contributed by atoms with Crippen LogP contribution in [0.4, 0.5) is 0 Å². The van der Waals surface area contributed by atoms with Gasteiger partial charge in [-0.2, -0.15) is 0 Å². The van der Waals surface area contributed by atoms with Gasteiger partial charge in [-0.05, 0) is 49.0 Å². The Hall–Kier alpha value is -1.61. The number of carboxylic acids is 1. The Morgan fingerprint density at radius 1 is 1.12 bits per heavy atom. The number of carbonyl (C=O) groups is 1. The summed E-state index contributed by atoms with van der Waals surface area (Å²) in [7, 11) is 0. The molecular formula is C21H28O3. The third kappa shape index (κ3) is 4.27. The smallest absolute Gasteiger partial charge is 0.303 e. The summed E-state index contributed by atoms with van der Waals surface area (Å²) >= 11 is 0. The van der Waals surface area contributed by atoms with E-state index in [0.29, 0.717) is 24.2 Å². The molecule has 3 nitrogen and oxygen atoms in total. The standard InChI is InChI=1S/C21H28O3/c22-20-14-17-12-16(8-4-5-9-21(23)24)13-19(17)18(20)11-10-15-6-2-1-3-7-15/h1-3,6-7,10-11,16-20,22H,4-5,8-9,12-14H2,(H,23,24)/b11-10+/t16?,17?,18-,19?,20-/m1/s1. The predicted octanol–water partition coefficient (Wildman–Crippen LogP) is 4.37. The molecule has 0 saturated heterocycles. The van der Waals surface area contributed by atoms with Crippen LogP contribution in [0.1, 0.15) is 50.5 Å². The molecule has 0 aliphatic heterocycles. The lowest BCUT2D eigenvalue weighted by Gasteiger charge is -2.18. The quantitative estimate of drug-likeness (QED) is 0.731. The van der Waals surface area contributed by atoms with Gasteiger partial charge in [0.25, 0.3) is 0 Å². The van der Waals surface area contributed by atoms with Crippen molar-refractivity contribution in [2.75, 3.05) is 0 Å². The fraction of sp³-hybridized carbons (Fsp3) is 0.571. The molecule has 3 rings (SSSR count). The molecule has 0 spiro atoms. The van der Waals surface area contributed by atoms with Crippen molar-refractivity contribution in [3.63, 3.8) is 0 Å². The Morgan fingerprint density at radius 3 is 2.67 bits per heavy atom. The van der Waals surface area contributed by atoms with E-state index in [9.17, 15) is 9.90 Å². The SMILES string of the molecule is O=C(O)CCCCC1CC2C[C@@H](O)[C@H](/C=C/c3ccccc3)C2C1. The number of aliphatic hydroxyl groups excluding tert-OH is 1. The lowest BCUT2D eigenvalue weighted by molar-refractivity contribution is -0.137. The summed E-state index contributed by atoms with van der Waals surface area (Å²) in [5, 5.41) is 19.1. The monoisotopic (exact) mass is 328 g/mol. The molecule has 0 aromatic heterocycles. The molecule has 0 bridgehead atoms. The van der Waals surface area contributed by atoms with Crippen LogP contribution < -0.4 is 0 Å². The summed E-state index contributed by atoms with van der Waals surface area (Å²) in [6.45, 7) is 0. The summed E-state index contributed by atoms with van der Waals surface area (Å²) in [4.78, 5) is 10.6. The Balaban J connectivity index is 1.52. The van der Waals surface area contributed by atoms with Crippen molar-refractivity contribution in [2.24, 2.45) is 23.7 Å². The second-order valence-electron chi connectivity index (χ2n) is 7.55. The Bertz CT molecular complexity index is 566. The summed E-state index contributed by atoms with van der Waals surface area (Å²) < 4.78 is 0. The fourth-order valence-corrected chi connectivity index (χ4v) is 4.77.